The summed E-state index contributed by atoms with van der Waals surface area (Å²) < 4.78 is 38.5. The van der Waals surface area contributed by atoms with Gasteiger partial charge in [-0.2, -0.15) is 4.31 Å². The van der Waals surface area contributed by atoms with E-state index in [1.165, 1.54) is 10.5 Å². The molecule has 27 heavy (non-hydrogen) atoms. The summed E-state index contributed by atoms with van der Waals surface area (Å²) in [6.07, 6.45) is 1.02. The normalized spacial score (nSPS) is 18.4. The number of hydrogen-bond acceptors (Lipinski definition) is 4. The quantitative estimate of drug-likeness (QED) is 0.813. The molecule has 0 unspecified atom stereocenters. The van der Waals surface area contributed by atoms with Gasteiger partial charge in [0.15, 0.2) is 11.5 Å². The Balaban J connectivity index is 1.37. The van der Waals surface area contributed by atoms with Crippen LogP contribution in [0.5, 0.6) is 11.5 Å². The monoisotopic (exact) mass is 389 g/mol. The van der Waals surface area contributed by atoms with Crippen molar-refractivity contribution in [3.63, 3.8) is 0 Å². The highest BCUT2D eigenvalue weighted by Gasteiger charge is 2.31. The number of rotatable bonds is 5. The Morgan fingerprint density at radius 3 is 2.37 bits per heavy atom. The summed E-state index contributed by atoms with van der Waals surface area (Å²) in [5.41, 5.74) is 1.33. The number of hydrogen-bond donors (Lipinski definition) is 1. The van der Waals surface area contributed by atoms with Crippen molar-refractivity contribution in [2.24, 2.45) is 0 Å². The van der Waals surface area contributed by atoms with Crippen molar-refractivity contribution < 1.29 is 22.8 Å². The van der Waals surface area contributed by atoms with Gasteiger partial charge in [-0.05, 0) is 17.7 Å². The molecule has 0 amide bonds. The summed E-state index contributed by atoms with van der Waals surface area (Å²) in [7, 11) is -3.50. The molecule has 2 heterocycles. The Labute approximate surface area is 160 Å². The highest BCUT2D eigenvalue weighted by Crippen LogP contribution is 2.33. The van der Waals surface area contributed by atoms with Gasteiger partial charge in [0.25, 0.3) is 0 Å². The maximum atomic E-state index is 13.0. The molecule has 0 spiro atoms. The SMILES string of the molecule is O=S(=O)(c1ccc2c(c1)OCCO2)N1CC[NH+](CCc2ccccc2)CC1. The molecule has 1 N–H and O–H groups in total. The predicted octanol–water partition coefficient (Wildman–Crippen LogP) is 0.590. The molecule has 0 aliphatic carbocycles. The van der Waals surface area contributed by atoms with E-state index in [9.17, 15) is 8.42 Å². The van der Waals surface area contributed by atoms with Crippen molar-refractivity contribution in [2.75, 3.05) is 45.9 Å². The van der Waals surface area contributed by atoms with Crippen LogP contribution in [0.2, 0.25) is 0 Å². The van der Waals surface area contributed by atoms with Crippen molar-refractivity contribution in [3.8, 4) is 11.5 Å². The van der Waals surface area contributed by atoms with Gasteiger partial charge in [-0.1, -0.05) is 30.3 Å². The second-order valence-corrected chi connectivity index (χ2v) is 8.88. The summed E-state index contributed by atoms with van der Waals surface area (Å²) in [6, 6.07) is 15.3. The Bertz CT molecular complexity index is 878. The standard InChI is InChI=1S/C20H24N2O4S/c23-27(24,18-6-7-19-20(16-18)26-15-14-25-19)22-12-10-21(11-13-22)9-8-17-4-2-1-3-5-17/h1-7,16H,8-15H2/p+1. The zero-order valence-electron chi connectivity index (χ0n) is 15.3. The molecule has 0 atom stereocenters. The molecule has 2 aromatic carbocycles. The molecular weight excluding hydrogens is 364 g/mol. The molecule has 0 saturated carbocycles. The van der Waals surface area contributed by atoms with Crippen LogP contribution >= 0.6 is 0 Å². The van der Waals surface area contributed by atoms with E-state index in [0.717, 1.165) is 26.1 Å². The highest BCUT2D eigenvalue weighted by atomic mass is 32.2. The van der Waals surface area contributed by atoms with Crippen LogP contribution in [0.4, 0.5) is 0 Å². The van der Waals surface area contributed by atoms with Gasteiger partial charge in [0.2, 0.25) is 10.0 Å². The van der Waals surface area contributed by atoms with Crippen LogP contribution in [0.25, 0.3) is 0 Å². The Morgan fingerprint density at radius 1 is 0.926 bits per heavy atom. The number of quaternary nitrogens is 1. The lowest BCUT2D eigenvalue weighted by Crippen LogP contribution is -3.15. The maximum Gasteiger partial charge on any atom is 0.243 e. The second-order valence-electron chi connectivity index (χ2n) is 6.95. The molecule has 4 rings (SSSR count). The van der Waals surface area contributed by atoms with Crippen molar-refractivity contribution in [1.29, 1.82) is 0 Å². The molecule has 6 nitrogen and oxygen atoms in total. The summed E-state index contributed by atoms with van der Waals surface area (Å²) >= 11 is 0. The third-order valence-electron chi connectivity index (χ3n) is 5.19. The minimum absolute atomic E-state index is 0.277. The molecule has 0 radical (unpaired) electrons. The largest absolute Gasteiger partial charge is 0.486 e. The van der Waals surface area contributed by atoms with Gasteiger partial charge in [-0.15, -0.1) is 0 Å². The van der Waals surface area contributed by atoms with Crippen molar-refractivity contribution in [2.45, 2.75) is 11.3 Å². The average molecular weight is 389 g/mol. The number of benzene rings is 2. The summed E-state index contributed by atoms with van der Waals surface area (Å²) in [5, 5.41) is 0. The van der Waals surface area contributed by atoms with E-state index >= 15 is 0 Å². The van der Waals surface area contributed by atoms with E-state index in [2.05, 4.69) is 24.3 Å². The number of sulfonamides is 1. The van der Waals surface area contributed by atoms with Gasteiger partial charge in [0.05, 0.1) is 37.6 Å². The minimum Gasteiger partial charge on any atom is -0.486 e. The van der Waals surface area contributed by atoms with Gasteiger partial charge < -0.3 is 14.4 Å². The van der Waals surface area contributed by atoms with E-state index in [1.54, 1.807) is 22.5 Å². The molecule has 7 heteroatoms. The first kappa shape index (κ1) is 18.3. The summed E-state index contributed by atoms with van der Waals surface area (Å²) in [4.78, 5) is 1.73. The van der Waals surface area contributed by atoms with E-state index in [1.807, 2.05) is 6.07 Å². The first-order valence-electron chi connectivity index (χ1n) is 9.40. The lowest BCUT2D eigenvalue weighted by Gasteiger charge is -2.31. The van der Waals surface area contributed by atoms with Gasteiger partial charge in [-0.3, -0.25) is 0 Å². The topological polar surface area (TPSA) is 60.3 Å². The predicted molar refractivity (Wildman–Crippen MR) is 102 cm³/mol. The van der Waals surface area contributed by atoms with E-state index in [-0.39, 0.29) is 4.90 Å². The first-order valence-corrected chi connectivity index (χ1v) is 10.8. The maximum absolute atomic E-state index is 13.0. The van der Waals surface area contributed by atoms with Crippen LogP contribution in [0.15, 0.2) is 53.4 Å². The number of nitrogens with one attached hydrogen (secondary N) is 1. The molecule has 144 valence electrons. The molecule has 2 aromatic rings. The van der Waals surface area contributed by atoms with Crippen LogP contribution in [0, 0.1) is 0 Å². The lowest BCUT2D eigenvalue weighted by molar-refractivity contribution is -0.903. The molecule has 2 aliphatic rings. The number of nitrogens with zero attached hydrogens (tertiary/aromatic N) is 1. The second kappa shape index (κ2) is 7.88. The zero-order valence-corrected chi connectivity index (χ0v) is 16.1. The van der Waals surface area contributed by atoms with Crippen molar-refractivity contribution in [3.05, 3.63) is 54.1 Å². The smallest absolute Gasteiger partial charge is 0.243 e. The third-order valence-corrected chi connectivity index (χ3v) is 7.09. The van der Waals surface area contributed by atoms with Crippen LogP contribution in [0.3, 0.4) is 0 Å². The molecule has 0 bridgehead atoms. The molecular formula is C20H25N2O4S+. The summed E-state index contributed by atoms with van der Waals surface area (Å²) in [5.74, 6) is 1.12. The Kier molecular flexibility index (Phi) is 5.33. The fourth-order valence-corrected chi connectivity index (χ4v) is 5.05. The average Bonchev–Trinajstić information content (AvgIpc) is 2.73. The van der Waals surface area contributed by atoms with E-state index in [0.29, 0.717) is 37.8 Å². The number of piperazine rings is 1. The van der Waals surface area contributed by atoms with Gasteiger partial charge in [-0.25, -0.2) is 8.42 Å². The van der Waals surface area contributed by atoms with Gasteiger partial charge >= 0.3 is 0 Å². The van der Waals surface area contributed by atoms with Crippen LogP contribution in [-0.2, 0) is 16.4 Å². The van der Waals surface area contributed by atoms with Crippen LogP contribution < -0.4 is 14.4 Å². The van der Waals surface area contributed by atoms with Crippen LogP contribution in [0.1, 0.15) is 5.56 Å². The highest BCUT2D eigenvalue weighted by molar-refractivity contribution is 7.89. The Morgan fingerprint density at radius 2 is 1.63 bits per heavy atom. The van der Waals surface area contributed by atoms with Gasteiger partial charge in [0.1, 0.15) is 13.2 Å². The number of fused-ring (bicyclic) bond motifs is 1. The third kappa shape index (κ3) is 4.10. The molecule has 0 aromatic heterocycles. The molecule has 1 fully saturated rings. The lowest BCUT2D eigenvalue weighted by atomic mass is 10.1. The fraction of sp³-hybridized carbons (Fsp3) is 0.400. The number of ether oxygens (including phenoxy) is 2. The zero-order chi connectivity index (χ0) is 18.7. The van der Waals surface area contributed by atoms with Crippen LogP contribution in [-0.4, -0.2) is 58.7 Å². The van der Waals surface area contributed by atoms with E-state index in [4.69, 9.17) is 9.47 Å². The fourth-order valence-electron chi connectivity index (χ4n) is 3.59. The van der Waals surface area contributed by atoms with Gasteiger partial charge in [0, 0.05) is 12.5 Å². The minimum atomic E-state index is -3.50. The summed E-state index contributed by atoms with van der Waals surface area (Å²) in [6.45, 7) is 4.71. The first-order chi connectivity index (χ1) is 13.1. The van der Waals surface area contributed by atoms with Crippen molar-refractivity contribution in [1.82, 2.24) is 4.31 Å². The van der Waals surface area contributed by atoms with Crippen molar-refractivity contribution >= 4 is 10.0 Å². The molecule has 2 aliphatic heterocycles. The van der Waals surface area contributed by atoms with E-state index < -0.39 is 10.0 Å². The molecule has 1 saturated heterocycles. The Hall–Kier alpha value is -2.09.